The molecule has 0 saturated carbocycles. The van der Waals surface area contributed by atoms with Crippen LogP contribution in [0.3, 0.4) is 0 Å². The summed E-state index contributed by atoms with van der Waals surface area (Å²) < 4.78 is 9.85. The molecule has 0 atom stereocenters. The maximum atomic E-state index is 10.8. The van der Waals surface area contributed by atoms with Crippen LogP contribution >= 0.6 is 0 Å². The maximum absolute atomic E-state index is 10.8. The van der Waals surface area contributed by atoms with E-state index < -0.39 is 10.7 Å². The van der Waals surface area contributed by atoms with E-state index in [0.717, 1.165) is 0 Å². The van der Waals surface area contributed by atoms with Crippen molar-refractivity contribution in [1.82, 2.24) is 4.98 Å². The van der Waals surface area contributed by atoms with Crippen LogP contribution in [-0.4, -0.2) is 35.8 Å². The van der Waals surface area contributed by atoms with Gasteiger partial charge < -0.3 is 30.4 Å². The van der Waals surface area contributed by atoms with Crippen molar-refractivity contribution in [3.05, 3.63) is 15.8 Å². The fourth-order valence-electron chi connectivity index (χ4n) is 1.44. The van der Waals surface area contributed by atoms with Crippen molar-refractivity contribution in [1.29, 1.82) is 0 Å². The molecular formula is C9H13N3O5. The summed E-state index contributed by atoms with van der Waals surface area (Å²) in [6.07, 6.45) is 0.109. The number of nitro groups is 1. The number of aromatic nitrogens is 1. The molecule has 0 saturated heterocycles. The molecule has 3 N–H and O–H groups in total. The predicted octanol–water partition coefficient (Wildman–Crippen LogP) is 0.124. The second-order valence-corrected chi connectivity index (χ2v) is 3.09. The minimum absolute atomic E-state index is 0.000139. The van der Waals surface area contributed by atoms with Gasteiger partial charge in [0, 0.05) is 6.42 Å². The van der Waals surface area contributed by atoms with Crippen molar-refractivity contribution in [2.75, 3.05) is 26.6 Å². The molecule has 0 radical (unpaired) electrons. The largest absolute Gasteiger partial charge is 0.491 e. The Hall–Kier alpha value is -2.09. The standard InChI is InChI=1S/C9H13N3O5/c1-16-7-5(3-4-13)11-9(12(14)15)8(17-2)6(7)10/h13H,3-4H2,1-2H3,(H2,10,11). The highest BCUT2D eigenvalue weighted by Crippen LogP contribution is 2.40. The summed E-state index contributed by atoms with van der Waals surface area (Å²) in [4.78, 5) is 13.9. The van der Waals surface area contributed by atoms with Crippen molar-refractivity contribution in [2.24, 2.45) is 0 Å². The van der Waals surface area contributed by atoms with E-state index in [1.54, 1.807) is 0 Å². The van der Waals surface area contributed by atoms with Gasteiger partial charge in [-0.2, -0.15) is 0 Å². The molecule has 0 amide bonds. The second kappa shape index (κ2) is 5.30. The van der Waals surface area contributed by atoms with Gasteiger partial charge in [0.1, 0.15) is 5.69 Å². The normalized spacial score (nSPS) is 10.1. The number of nitrogens with two attached hydrogens (primary N) is 1. The Morgan fingerprint density at radius 3 is 2.41 bits per heavy atom. The zero-order valence-electron chi connectivity index (χ0n) is 9.47. The lowest BCUT2D eigenvalue weighted by atomic mass is 10.2. The molecule has 0 aliphatic rings. The Balaban J connectivity index is 3.48. The minimum atomic E-state index is -0.699. The van der Waals surface area contributed by atoms with E-state index in [1.807, 2.05) is 0 Å². The third-order valence-corrected chi connectivity index (χ3v) is 2.13. The zero-order chi connectivity index (χ0) is 13.0. The first kappa shape index (κ1) is 13.0. The van der Waals surface area contributed by atoms with Crippen molar-refractivity contribution < 1.29 is 19.5 Å². The summed E-state index contributed by atoms with van der Waals surface area (Å²) in [5.74, 6) is -0.454. The van der Waals surface area contributed by atoms with Crippen LogP contribution in [-0.2, 0) is 6.42 Å². The molecule has 1 rings (SSSR count). The highest BCUT2D eigenvalue weighted by molar-refractivity contribution is 5.70. The van der Waals surface area contributed by atoms with Gasteiger partial charge in [-0.15, -0.1) is 0 Å². The van der Waals surface area contributed by atoms with E-state index >= 15 is 0 Å². The van der Waals surface area contributed by atoms with E-state index in [1.165, 1.54) is 14.2 Å². The summed E-state index contributed by atoms with van der Waals surface area (Å²) in [6, 6.07) is 0. The van der Waals surface area contributed by atoms with Crippen molar-refractivity contribution >= 4 is 11.5 Å². The number of rotatable bonds is 5. The molecule has 0 fully saturated rings. The lowest BCUT2D eigenvalue weighted by molar-refractivity contribution is -0.390. The predicted molar refractivity (Wildman–Crippen MR) is 59.2 cm³/mol. The molecule has 8 heteroatoms. The van der Waals surface area contributed by atoms with Gasteiger partial charge in [0.15, 0.2) is 11.4 Å². The van der Waals surface area contributed by atoms with Crippen LogP contribution in [0.4, 0.5) is 11.5 Å². The number of anilines is 1. The summed E-state index contributed by atoms with van der Waals surface area (Å²) in [5.41, 5.74) is 5.92. The second-order valence-electron chi connectivity index (χ2n) is 3.09. The van der Waals surface area contributed by atoms with Crippen molar-refractivity contribution in [2.45, 2.75) is 6.42 Å². The van der Waals surface area contributed by atoms with Crippen molar-refractivity contribution in [3.8, 4) is 11.5 Å². The molecule has 1 aromatic heterocycles. The number of aliphatic hydroxyl groups is 1. The molecule has 0 aromatic carbocycles. The van der Waals surface area contributed by atoms with Gasteiger partial charge >= 0.3 is 5.82 Å². The van der Waals surface area contributed by atoms with Crippen LogP contribution in [0.25, 0.3) is 0 Å². The number of aliphatic hydroxyl groups excluding tert-OH is 1. The van der Waals surface area contributed by atoms with Crippen molar-refractivity contribution in [3.63, 3.8) is 0 Å². The average molecular weight is 243 g/mol. The summed E-state index contributed by atoms with van der Waals surface area (Å²) in [5, 5.41) is 19.6. The first-order valence-electron chi connectivity index (χ1n) is 4.72. The highest BCUT2D eigenvalue weighted by Gasteiger charge is 2.27. The minimum Gasteiger partial charge on any atom is -0.491 e. The zero-order valence-corrected chi connectivity index (χ0v) is 9.47. The van der Waals surface area contributed by atoms with Crippen LogP contribution in [0.2, 0.25) is 0 Å². The lowest BCUT2D eigenvalue weighted by Gasteiger charge is -2.10. The van der Waals surface area contributed by atoms with Gasteiger partial charge in [0.05, 0.1) is 20.8 Å². The highest BCUT2D eigenvalue weighted by atomic mass is 16.6. The van der Waals surface area contributed by atoms with Crippen LogP contribution in [0, 0.1) is 10.1 Å². The monoisotopic (exact) mass is 243 g/mol. The number of pyridine rings is 1. The number of hydrogen-bond acceptors (Lipinski definition) is 7. The summed E-state index contributed by atoms with van der Waals surface area (Å²) in [7, 11) is 2.62. The molecule has 94 valence electrons. The first-order chi connectivity index (χ1) is 8.06. The molecule has 0 unspecified atom stereocenters. The molecular weight excluding hydrogens is 230 g/mol. The molecule has 0 spiro atoms. The molecule has 0 aliphatic heterocycles. The Labute approximate surface area is 97.1 Å². The Morgan fingerprint density at radius 2 is 2.00 bits per heavy atom. The maximum Gasteiger partial charge on any atom is 0.408 e. The number of ether oxygens (including phenoxy) is 2. The molecule has 1 aromatic rings. The summed E-state index contributed by atoms with van der Waals surface area (Å²) in [6.45, 7) is -0.216. The fraction of sp³-hybridized carbons (Fsp3) is 0.444. The van der Waals surface area contributed by atoms with E-state index in [4.69, 9.17) is 20.3 Å². The van der Waals surface area contributed by atoms with Crippen LogP contribution in [0.5, 0.6) is 11.5 Å². The van der Waals surface area contributed by atoms with Crippen LogP contribution in [0.15, 0.2) is 0 Å². The van der Waals surface area contributed by atoms with Crippen LogP contribution in [0.1, 0.15) is 5.69 Å². The Kier molecular flexibility index (Phi) is 4.05. The number of hydrogen-bond donors (Lipinski definition) is 2. The first-order valence-corrected chi connectivity index (χ1v) is 4.72. The molecule has 17 heavy (non-hydrogen) atoms. The lowest BCUT2D eigenvalue weighted by Crippen LogP contribution is -2.08. The van der Waals surface area contributed by atoms with Gasteiger partial charge in [-0.25, -0.2) is 0 Å². The van der Waals surface area contributed by atoms with Gasteiger partial charge in [0.25, 0.3) is 0 Å². The van der Waals surface area contributed by atoms with Gasteiger partial charge in [-0.3, -0.25) is 0 Å². The quantitative estimate of drug-likeness (QED) is 0.556. The topological polar surface area (TPSA) is 121 Å². The van der Waals surface area contributed by atoms with E-state index in [0.29, 0.717) is 0 Å². The van der Waals surface area contributed by atoms with Gasteiger partial charge in [0.2, 0.25) is 5.75 Å². The number of methoxy groups -OCH3 is 2. The van der Waals surface area contributed by atoms with E-state index in [9.17, 15) is 10.1 Å². The number of nitrogens with zero attached hydrogens (tertiary/aromatic N) is 2. The third kappa shape index (κ3) is 2.36. The SMILES string of the molecule is COc1c(CCO)nc([N+](=O)[O-])c(OC)c1N. The number of nitrogen functional groups attached to an aromatic ring is 1. The van der Waals surface area contributed by atoms with Crippen LogP contribution < -0.4 is 15.2 Å². The molecule has 1 heterocycles. The van der Waals surface area contributed by atoms with Gasteiger partial charge in [-0.1, -0.05) is 0 Å². The fourth-order valence-corrected chi connectivity index (χ4v) is 1.44. The third-order valence-electron chi connectivity index (χ3n) is 2.13. The Morgan fingerprint density at radius 1 is 1.41 bits per heavy atom. The summed E-state index contributed by atoms with van der Waals surface area (Å²) >= 11 is 0. The molecule has 0 bridgehead atoms. The smallest absolute Gasteiger partial charge is 0.408 e. The Bertz CT molecular complexity index is 435. The van der Waals surface area contributed by atoms with Gasteiger partial charge in [-0.05, 0) is 9.91 Å². The van der Waals surface area contributed by atoms with E-state index in [-0.39, 0.29) is 35.9 Å². The molecule has 8 nitrogen and oxygen atoms in total. The average Bonchev–Trinajstić information content (AvgIpc) is 2.29. The van der Waals surface area contributed by atoms with E-state index in [2.05, 4.69) is 4.98 Å². The molecule has 0 aliphatic carbocycles.